The van der Waals surface area contributed by atoms with E-state index in [1.165, 1.54) is 11.8 Å². The smallest absolute Gasteiger partial charge is 0.326 e. The van der Waals surface area contributed by atoms with Gasteiger partial charge in [0.2, 0.25) is 17.7 Å². The lowest BCUT2D eigenvalue weighted by molar-refractivity contribution is -0.144. The first-order valence-electron chi connectivity index (χ1n) is 13.1. The van der Waals surface area contributed by atoms with E-state index in [0.29, 0.717) is 18.6 Å². The van der Waals surface area contributed by atoms with Crippen molar-refractivity contribution in [2.24, 2.45) is 11.7 Å². The predicted octanol–water partition coefficient (Wildman–Crippen LogP) is 1.24. The highest BCUT2D eigenvalue weighted by Gasteiger charge is 2.32. The molecule has 0 aliphatic carbocycles. The molecule has 2 aromatic rings. The van der Waals surface area contributed by atoms with Crippen LogP contribution in [0.15, 0.2) is 30.5 Å². The maximum Gasteiger partial charge on any atom is 0.326 e. The minimum atomic E-state index is -1.35. The van der Waals surface area contributed by atoms with Gasteiger partial charge in [0.05, 0.1) is 6.04 Å². The number of carbonyl (C=O) groups excluding carboxylic acids is 3. The fourth-order valence-electron chi connectivity index (χ4n) is 4.13. The van der Waals surface area contributed by atoms with E-state index in [1.54, 1.807) is 20.0 Å². The van der Waals surface area contributed by atoms with Crippen molar-refractivity contribution in [2.45, 2.75) is 70.1 Å². The Bertz CT molecular complexity index is 1190. The summed E-state index contributed by atoms with van der Waals surface area (Å²) in [5.74, 6) is -4.28. The molecule has 1 heterocycles. The summed E-state index contributed by atoms with van der Waals surface area (Å²) in [4.78, 5) is 65.6. The van der Waals surface area contributed by atoms with Crippen molar-refractivity contribution in [3.63, 3.8) is 0 Å². The van der Waals surface area contributed by atoms with E-state index in [4.69, 9.17) is 5.73 Å². The first kappa shape index (κ1) is 32.6. The summed E-state index contributed by atoms with van der Waals surface area (Å²) in [6.07, 6.45) is 3.82. The average Bonchev–Trinajstić information content (AvgIpc) is 3.33. The minimum absolute atomic E-state index is 0.0642. The van der Waals surface area contributed by atoms with Crippen LogP contribution in [0, 0.1) is 5.92 Å². The van der Waals surface area contributed by atoms with Crippen molar-refractivity contribution < 1.29 is 34.2 Å². The number of thioether (sulfide) groups is 1. The van der Waals surface area contributed by atoms with Crippen molar-refractivity contribution >= 4 is 52.3 Å². The number of aliphatic carboxylic acids is 2. The summed E-state index contributed by atoms with van der Waals surface area (Å²) < 4.78 is 0. The van der Waals surface area contributed by atoms with E-state index >= 15 is 0 Å². The van der Waals surface area contributed by atoms with Gasteiger partial charge in [-0.15, -0.1) is 0 Å². The topological polar surface area (TPSA) is 204 Å². The first-order valence-corrected chi connectivity index (χ1v) is 14.5. The van der Waals surface area contributed by atoms with Gasteiger partial charge in [-0.3, -0.25) is 19.2 Å². The van der Waals surface area contributed by atoms with Crippen LogP contribution in [-0.2, 0) is 30.4 Å². The number of carboxylic acid groups (broad SMARTS) is 2. The van der Waals surface area contributed by atoms with Crippen molar-refractivity contribution in [2.75, 3.05) is 12.0 Å². The number of benzene rings is 1. The summed E-state index contributed by atoms with van der Waals surface area (Å²) in [6, 6.07) is 2.86. The SMILES string of the molecule is CCC(C)C(NC(=O)C(CCC(=O)O)NC(=O)C(Cc1c[nH]c2ccccc12)NC(=O)C(N)CCSC)C(=O)O. The van der Waals surface area contributed by atoms with E-state index in [9.17, 15) is 34.2 Å². The summed E-state index contributed by atoms with van der Waals surface area (Å²) in [7, 11) is 0. The van der Waals surface area contributed by atoms with Gasteiger partial charge in [-0.2, -0.15) is 11.8 Å². The Morgan fingerprint density at radius 3 is 2.25 bits per heavy atom. The van der Waals surface area contributed by atoms with Crippen LogP contribution in [0.2, 0.25) is 0 Å². The molecule has 12 nitrogen and oxygen atoms in total. The van der Waals surface area contributed by atoms with Gasteiger partial charge in [0.1, 0.15) is 18.1 Å². The third-order valence-electron chi connectivity index (χ3n) is 6.76. The van der Waals surface area contributed by atoms with Crippen LogP contribution >= 0.6 is 11.8 Å². The highest BCUT2D eigenvalue weighted by atomic mass is 32.2. The lowest BCUT2D eigenvalue weighted by Gasteiger charge is -2.26. The molecule has 0 saturated heterocycles. The molecule has 2 rings (SSSR count). The molecule has 0 radical (unpaired) electrons. The van der Waals surface area contributed by atoms with Crippen LogP contribution in [0.4, 0.5) is 0 Å². The van der Waals surface area contributed by atoms with E-state index in [1.807, 2.05) is 30.5 Å². The fraction of sp³-hybridized carbons (Fsp3) is 0.519. The predicted molar refractivity (Wildman–Crippen MR) is 153 cm³/mol. The third kappa shape index (κ3) is 9.56. The lowest BCUT2D eigenvalue weighted by atomic mass is 9.98. The van der Waals surface area contributed by atoms with Gasteiger partial charge in [-0.05, 0) is 42.4 Å². The normalized spacial score (nSPS) is 14.9. The number of nitrogens with one attached hydrogen (secondary N) is 4. The van der Waals surface area contributed by atoms with Crippen LogP contribution in [-0.4, -0.2) is 81.0 Å². The fourth-order valence-corrected chi connectivity index (χ4v) is 4.62. The van der Waals surface area contributed by atoms with Gasteiger partial charge in [0.25, 0.3) is 0 Å². The molecule has 0 spiro atoms. The summed E-state index contributed by atoms with van der Waals surface area (Å²) in [6.45, 7) is 3.44. The van der Waals surface area contributed by atoms with Gasteiger partial charge < -0.3 is 36.9 Å². The zero-order valence-electron chi connectivity index (χ0n) is 22.9. The average molecular weight is 578 g/mol. The molecular weight excluding hydrogens is 538 g/mol. The monoisotopic (exact) mass is 577 g/mol. The number of carbonyl (C=O) groups is 5. The molecule has 0 aliphatic rings. The van der Waals surface area contributed by atoms with Crippen LogP contribution in [0.25, 0.3) is 10.9 Å². The quantitative estimate of drug-likeness (QED) is 0.144. The number of nitrogens with two attached hydrogens (primary N) is 1. The van der Waals surface area contributed by atoms with Crippen molar-refractivity contribution in [3.8, 4) is 0 Å². The van der Waals surface area contributed by atoms with Crippen LogP contribution in [0.5, 0.6) is 0 Å². The van der Waals surface area contributed by atoms with Crippen LogP contribution in [0.3, 0.4) is 0 Å². The summed E-state index contributed by atoms with van der Waals surface area (Å²) in [5.41, 5.74) is 7.60. The number of rotatable bonds is 17. The highest BCUT2D eigenvalue weighted by molar-refractivity contribution is 7.98. The van der Waals surface area contributed by atoms with Crippen molar-refractivity contribution in [3.05, 3.63) is 36.0 Å². The molecule has 1 aromatic heterocycles. The molecule has 5 unspecified atom stereocenters. The number of H-pyrrole nitrogens is 1. The Kier molecular flexibility index (Phi) is 12.9. The molecular formula is C27H39N5O7S. The number of hydrogen-bond donors (Lipinski definition) is 7. The Morgan fingerprint density at radius 2 is 1.62 bits per heavy atom. The molecule has 0 saturated carbocycles. The standard InChI is InChI=1S/C27H39N5O7S/c1-4-15(2)23(27(38)39)32-25(36)20(9-10-22(33)34)30-26(37)21(31-24(35)18(28)11-12-40-3)13-16-14-29-19-8-6-5-7-17(16)19/h5-8,14-15,18,20-21,23,29H,4,9-13,28H2,1-3H3,(H,30,37)(H,31,35)(H,32,36)(H,33,34)(H,38,39). The molecule has 13 heteroatoms. The maximum absolute atomic E-state index is 13.5. The molecule has 3 amide bonds. The van der Waals surface area contributed by atoms with E-state index in [0.717, 1.165) is 16.5 Å². The number of para-hydroxylation sites is 1. The molecule has 220 valence electrons. The molecule has 8 N–H and O–H groups in total. The van der Waals surface area contributed by atoms with Gasteiger partial charge in [0.15, 0.2) is 0 Å². The molecule has 0 fully saturated rings. The molecule has 5 atom stereocenters. The Balaban J connectivity index is 2.32. The van der Waals surface area contributed by atoms with E-state index in [2.05, 4.69) is 20.9 Å². The van der Waals surface area contributed by atoms with E-state index in [-0.39, 0.29) is 12.8 Å². The second-order valence-corrected chi connectivity index (χ2v) is 10.7. The van der Waals surface area contributed by atoms with Crippen LogP contribution < -0.4 is 21.7 Å². The lowest BCUT2D eigenvalue weighted by Crippen LogP contribution is -2.58. The zero-order chi connectivity index (χ0) is 29.8. The molecule has 1 aromatic carbocycles. The maximum atomic E-state index is 13.5. The van der Waals surface area contributed by atoms with Gasteiger partial charge >= 0.3 is 11.9 Å². The third-order valence-corrected chi connectivity index (χ3v) is 7.40. The number of hydrogen-bond acceptors (Lipinski definition) is 7. The summed E-state index contributed by atoms with van der Waals surface area (Å²) >= 11 is 1.53. The van der Waals surface area contributed by atoms with Crippen molar-refractivity contribution in [1.29, 1.82) is 0 Å². The van der Waals surface area contributed by atoms with Gasteiger partial charge in [-0.1, -0.05) is 38.5 Å². The minimum Gasteiger partial charge on any atom is -0.481 e. The molecule has 0 aliphatic heterocycles. The summed E-state index contributed by atoms with van der Waals surface area (Å²) in [5, 5.41) is 27.3. The number of fused-ring (bicyclic) bond motifs is 1. The Labute approximate surface area is 237 Å². The van der Waals surface area contributed by atoms with E-state index < -0.39 is 66.2 Å². The highest BCUT2D eigenvalue weighted by Crippen LogP contribution is 2.19. The van der Waals surface area contributed by atoms with Gasteiger partial charge in [-0.25, -0.2) is 4.79 Å². The number of aromatic nitrogens is 1. The van der Waals surface area contributed by atoms with Gasteiger partial charge in [0, 0.05) is 29.9 Å². The second kappa shape index (κ2) is 15.9. The number of aromatic amines is 1. The number of carboxylic acids is 2. The largest absolute Gasteiger partial charge is 0.481 e. The zero-order valence-corrected chi connectivity index (χ0v) is 23.8. The number of amides is 3. The first-order chi connectivity index (χ1) is 19.0. The van der Waals surface area contributed by atoms with Crippen molar-refractivity contribution in [1.82, 2.24) is 20.9 Å². The second-order valence-electron chi connectivity index (χ2n) is 9.72. The molecule has 0 bridgehead atoms. The molecule has 40 heavy (non-hydrogen) atoms. The van der Waals surface area contributed by atoms with Crippen LogP contribution in [0.1, 0.15) is 45.1 Å². The Morgan fingerprint density at radius 1 is 0.975 bits per heavy atom. The Hall–Kier alpha value is -3.58.